The summed E-state index contributed by atoms with van der Waals surface area (Å²) in [5.41, 5.74) is 3.51. The summed E-state index contributed by atoms with van der Waals surface area (Å²) in [5, 5.41) is 14.0. The largest absolute Gasteiger partial charge is 0.375 e. The van der Waals surface area contributed by atoms with E-state index in [4.69, 9.17) is 0 Å². The number of benzene rings is 1. The number of nitro groups is 1. The molecule has 0 amide bonds. The maximum Gasteiger partial charge on any atom is 0.363 e. The molecular formula is C15H15N3O2. The summed E-state index contributed by atoms with van der Waals surface area (Å²) in [5.74, 6) is -0.125. The average Bonchev–Trinajstić information content (AvgIpc) is 2.48. The standard InChI is InChI=1S/C15H15N3O2/c19-18(20)15-9-8-12(10-16-15)17-14-7-3-5-11-4-1-2-6-13(11)14/h1-2,4,6,8-10,14,17H,3,5,7H2. The fourth-order valence-electron chi connectivity index (χ4n) is 2.68. The third-order valence-electron chi connectivity index (χ3n) is 3.65. The van der Waals surface area contributed by atoms with Gasteiger partial charge >= 0.3 is 5.82 Å². The highest BCUT2D eigenvalue weighted by molar-refractivity contribution is 5.47. The van der Waals surface area contributed by atoms with Crippen molar-refractivity contribution in [2.45, 2.75) is 25.3 Å². The van der Waals surface area contributed by atoms with Crippen molar-refractivity contribution in [2.24, 2.45) is 0 Å². The lowest BCUT2D eigenvalue weighted by Crippen LogP contribution is -2.17. The molecule has 1 aromatic carbocycles. The van der Waals surface area contributed by atoms with E-state index in [2.05, 4.69) is 28.5 Å². The zero-order chi connectivity index (χ0) is 13.9. The molecule has 1 aliphatic carbocycles. The summed E-state index contributed by atoms with van der Waals surface area (Å²) in [7, 11) is 0. The van der Waals surface area contributed by atoms with Crippen LogP contribution in [0.1, 0.15) is 30.0 Å². The van der Waals surface area contributed by atoms with Crippen LogP contribution in [-0.2, 0) is 6.42 Å². The van der Waals surface area contributed by atoms with E-state index in [1.807, 2.05) is 6.07 Å². The molecule has 5 heteroatoms. The number of anilines is 1. The molecule has 0 radical (unpaired) electrons. The van der Waals surface area contributed by atoms with Gasteiger partial charge in [-0.2, -0.15) is 0 Å². The second kappa shape index (κ2) is 5.28. The molecule has 1 N–H and O–H groups in total. The fraction of sp³-hybridized carbons (Fsp3) is 0.267. The highest BCUT2D eigenvalue weighted by Crippen LogP contribution is 2.32. The van der Waals surface area contributed by atoms with Crippen LogP contribution in [0, 0.1) is 10.1 Å². The summed E-state index contributed by atoms with van der Waals surface area (Å²) in [6.07, 6.45) is 4.85. The highest BCUT2D eigenvalue weighted by atomic mass is 16.6. The van der Waals surface area contributed by atoms with Crippen LogP contribution in [0.15, 0.2) is 42.6 Å². The summed E-state index contributed by atoms with van der Waals surface area (Å²) in [6.45, 7) is 0. The number of rotatable bonds is 3. The molecule has 0 fully saturated rings. The SMILES string of the molecule is O=[N+]([O-])c1ccc(NC2CCCc3ccccc32)cn1. The topological polar surface area (TPSA) is 68.1 Å². The Kier molecular flexibility index (Phi) is 3.33. The Morgan fingerprint density at radius 2 is 2.10 bits per heavy atom. The van der Waals surface area contributed by atoms with E-state index >= 15 is 0 Å². The first-order valence-electron chi connectivity index (χ1n) is 6.69. The number of aromatic nitrogens is 1. The molecule has 0 saturated carbocycles. The maximum absolute atomic E-state index is 10.6. The van der Waals surface area contributed by atoms with Gasteiger partial charge in [-0.3, -0.25) is 0 Å². The number of hydrogen-bond acceptors (Lipinski definition) is 4. The van der Waals surface area contributed by atoms with Gasteiger partial charge in [-0.15, -0.1) is 0 Å². The number of fused-ring (bicyclic) bond motifs is 1. The van der Waals surface area contributed by atoms with E-state index < -0.39 is 4.92 Å². The fourth-order valence-corrected chi connectivity index (χ4v) is 2.68. The Bertz CT molecular complexity index is 625. The molecule has 1 heterocycles. The first kappa shape index (κ1) is 12.6. The summed E-state index contributed by atoms with van der Waals surface area (Å²) in [4.78, 5) is 13.9. The lowest BCUT2D eigenvalue weighted by atomic mass is 9.87. The first-order chi connectivity index (χ1) is 9.74. The van der Waals surface area contributed by atoms with Gasteiger partial charge in [-0.25, -0.2) is 0 Å². The van der Waals surface area contributed by atoms with E-state index in [0.29, 0.717) is 0 Å². The van der Waals surface area contributed by atoms with E-state index in [0.717, 1.165) is 24.9 Å². The van der Waals surface area contributed by atoms with Crippen LogP contribution in [0.5, 0.6) is 0 Å². The van der Waals surface area contributed by atoms with Crippen LogP contribution >= 0.6 is 0 Å². The Hall–Kier alpha value is -2.43. The number of pyridine rings is 1. The van der Waals surface area contributed by atoms with E-state index in [1.54, 1.807) is 6.07 Å². The lowest BCUT2D eigenvalue weighted by molar-refractivity contribution is -0.389. The smallest absolute Gasteiger partial charge is 0.363 e. The van der Waals surface area contributed by atoms with Crippen LogP contribution in [0.25, 0.3) is 0 Å². The minimum absolute atomic E-state index is 0.125. The van der Waals surface area contributed by atoms with Crippen LogP contribution in [0.3, 0.4) is 0 Å². The van der Waals surface area contributed by atoms with E-state index in [9.17, 15) is 10.1 Å². The number of aryl methyl sites for hydroxylation is 1. The Morgan fingerprint density at radius 1 is 1.25 bits per heavy atom. The molecule has 0 saturated heterocycles. The van der Waals surface area contributed by atoms with Gasteiger partial charge in [0.05, 0.1) is 11.7 Å². The predicted octanol–water partition coefficient (Wildman–Crippen LogP) is 3.48. The molecule has 3 rings (SSSR count). The van der Waals surface area contributed by atoms with Crippen molar-refractivity contribution >= 4 is 11.5 Å². The molecule has 1 unspecified atom stereocenters. The molecule has 5 nitrogen and oxygen atoms in total. The maximum atomic E-state index is 10.6. The number of nitrogens with zero attached hydrogens (tertiary/aromatic N) is 2. The molecule has 20 heavy (non-hydrogen) atoms. The second-order valence-electron chi connectivity index (χ2n) is 4.95. The second-order valence-corrected chi connectivity index (χ2v) is 4.95. The van der Waals surface area contributed by atoms with Crippen LogP contribution in [0.4, 0.5) is 11.5 Å². The van der Waals surface area contributed by atoms with Crippen molar-refractivity contribution in [2.75, 3.05) is 5.32 Å². The lowest BCUT2D eigenvalue weighted by Gasteiger charge is -2.26. The summed E-state index contributed by atoms with van der Waals surface area (Å²) < 4.78 is 0. The molecule has 0 aliphatic heterocycles. The molecule has 0 spiro atoms. The Labute approximate surface area is 116 Å². The van der Waals surface area contributed by atoms with Crippen molar-refractivity contribution in [3.05, 3.63) is 63.8 Å². The van der Waals surface area contributed by atoms with Gasteiger partial charge in [0.25, 0.3) is 0 Å². The van der Waals surface area contributed by atoms with Gasteiger partial charge in [0.1, 0.15) is 0 Å². The van der Waals surface area contributed by atoms with E-state index in [1.165, 1.54) is 23.4 Å². The minimum Gasteiger partial charge on any atom is -0.375 e. The third kappa shape index (κ3) is 2.47. The molecule has 1 atom stereocenters. The third-order valence-corrected chi connectivity index (χ3v) is 3.65. The van der Waals surface area contributed by atoms with E-state index in [-0.39, 0.29) is 11.9 Å². The quantitative estimate of drug-likeness (QED) is 0.684. The van der Waals surface area contributed by atoms with Gasteiger partial charge in [-0.1, -0.05) is 24.3 Å². The van der Waals surface area contributed by atoms with Gasteiger partial charge in [0.15, 0.2) is 6.20 Å². The van der Waals surface area contributed by atoms with Crippen molar-refractivity contribution < 1.29 is 4.92 Å². The monoisotopic (exact) mass is 269 g/mol. The van der Waals surface area contributed by atoms with Gasteiger partial charge in [-0.05, 0) is 46.4 Å². The molecule has 1 aliphatic rings. The molecule has 102 valence electrons. The van der Waals surface area contributed by atoms with Gasteiger partial charge in [0.2, 0.25) is 0 Å². The summed E-state index contributed by atoms with van der Waals surface area (Å²) in [6, 6.07) is 11.8. The van der Waals surface area contributed by atoms with Crippen LogP contribution in [-0.4, -0.2) is 9.91 Å². The minimum atomic E-state index is -0.486. The predicted molar refractivity (Wildman–Crippen MR) is 76.6 cm³/mol. The zero-order valence-corrected chi connectivity index (χ0v) is 11.0. The van der Waals surface area contributed by atoms with Crippen molar-refractivity contribution in [1.82, 2.24) is 4.98 Å². The van der Waals surface area contributed by atoms with Crippen molar-refractivity contribution in [3.8, 4) is 0 Å². The van der Waals surface area contributed by atoms with Crippen LogP contribution < -0.4 is 5.32 Å². The number of hydrogen-bond donors (Lipinski definition) is 1. The first-order valence-corrected chi connectivity index (χ1v) is 6.69. The highest BCUT2D eigenvalue weighted by Gasteiger charge is 2.20. The zero-order valence-electron chi connectivity index (χ0n) is 11.0. The Morgan fingerprint density at radius 3 is 2.85 bits per heavy atom. The Balaban J connectivity index is 1.80. The number of nitrogens with one attached hydrogen (secondary N) is 1. The van der Waals surface area contributed by atoms with Gasteiger partial charge in [0, 0.05) is 6.07 Å². The molecule has 0 bridgehead atoms. The van der Waals surface area contributed by atoms with Gasteiger partial charge < -0.3 is 15.4 Å². The average molecular weight is 269 g/mol. The molecule has 1 aromatic heterocycles. The molecule has 2 aromatic rings. The normalized spacial score (nSPS) is 17.3. The summed E-state index contributed by atoms with van der Waals surface area (Å²) >= 11 is 0. The van der Waals surface area contributed by atoms with Crippen molar-refractivity contribution in [3.63, 3.8) is 0 Å². The van der Waals surface area contributed by atoms with Crippen molar-refractivity contribution in [1.29, 1.82) is 0 Å². The van der Waals surface area contributed by atoms with Crippen LogP contribution in [0.2, 0.25) is 0 Å². The molecular weight excluding hydrogens is 254 g/mol.